The normalized spacial score (nSPS) is 15.5. The van der Waals surface area contributed by atoms with Crippen molar-refractivity contribution in [1.82, 2.24) is 19.1 Å². The van der Waals surface area contributed by atoms with Gasteiger partial charge in [-0.2, -0.15) is 0 Å². The van der Waals surface area contributed by atoms with Gasteiger partial charge in [-0.15, -0.1) is 0 Å². The van der Waals surface area contributed by atoms with Crippen molar-refractivity contribution in [3.8, 4) is 5.69 Å². The van der Waals surface area contributed by atoms with Crippen LogP contribution in [0.4, 0.5) is 0 Å². The van der Waals surface area contributed by atoms with Crippen molar-refractivity contribution in [1.29, 1.82) is 0 Å². The Hall–Kier alpha value is -3.17. The van der Waals surface area contributed by atoms with Crippen molar-refractivity contribution in [2.45, 2.75) is 38.9 Å². The first kappa shape index (κ1) is 25.9. The Kier molecular flexibility index (Phi) is 7.51. The van der Waals surface area contributed by atoms with E-state index in [-0.39, 0.29) is 17.7 Å². The number of rotatable bonds is 7. The van der Waals surface area contributed by atoms with Crippen LogP contribution in [0.25, 0.3) is 16.6 Å². The average Bonchev–Trinajstić information content (AvgIpc) is 3.30. The zero-order valence-electron chi connectivity index (χ0n) is 21.3. The van der Waals surface area contributed by atoms with Gasteiger partial charge in [-0.3, -0.25) is 9.59 Å². The van der Waals surface area contributed by atoms with Crippen molar-refractivity contribution in [3.05, 3.63) is 65.9 Å². The number of aromatic nitrogens is 1. The molecule has 0 spiro atoms. The third kappa shape index (κ3) is 5.47. The molecule has 1 aromatic heterocycles. The number of fused-ring (bicyclic) bond motifs is 1. The molecule has 8 nitrogen and oxygen atoms in total. The van der Waals surface area contributed by atoms with Crippen molar-refractivity contribution in [2.24, 2.45) is 0 Å². The lowest BCUT2D eigenvalue weighted by atomic mass is 10.0. The molecule has 1 aliphatic rings. The van der Waals surface area contributed by atoms with Gasteiger partial charge in [0.2, 0.25) is 15.9 Å². The maximum absolute atomic E-state index is 13.0. The van der Waals surface area contributed by atoms with Crippen LogP contribution in [0.3, 0.4) is 0 Å². The molecule has 1 N–H and O–H groups in total. The zero-order valence-corrected chi connectivity index (χ0v) is 22.1. The zero-order chi connectivity index (χ0) is 26.0. The van der Waals surface area contributed by atoms with Gasteiger partial charge < -0.3 is 14.4 Å². The highest BCUT2D eigenvalue weighted by Crippen LogP contribution is 2.24. The summed E-state index contributed by atoms with van der Waals surface area (Å²) in [6.45, 7) is 9.46. The summed E-state index contributed by atoms with van der Waals surface area (Å²) in [7, 11) is -3.29. The first-order valence-corrected chi connectivity index (χ1v) is 13.9. The molecule has 0 bridgehead atoms. The van der Waals surface area contributed by atoms with Crippen LogP contribution in [0.15, 0.2) is 54.7 Å². The van der Waals surface area contributed by atoms with Crippen molar-refractivity contribution in [2.75, 3.05) is 32.7 Å². The summed E-state index contributed by atoms with van der Waals surface area (Å²) >= 11 is 0. The third-order valence-corrected chi connectivity index (χ3v) is 8.71. The monoisotopic (exact) mass is 510 g/mol. The number of carbonyl (C=O) groups is 2. The number of nitrogens with zero attached hydrogens (tertiary/aromatic N) is 3. The maximum atomic E-state index is 13.0. The van der Waals surface area contributed by atoms with E-state index in [1.165, 1.54) is 0 Å². The Morgan fingerprint density at radius 2 is 1.56 bits per heavy atom. The second-order valence-corrected chi connectivity index (χ2v) is 12.0. The van der Waals surface area contributed by atoms with Gasteiger partial charge >= 0.3 is 0 Å². The van der Waals surface area contributed by atoms with Gasteiger partial charge in [0.1, 0.15) is 0 Å². The third-order valence-electron chi connectivity index (χ3n) is 6.90. The first-order valence-electron chi connectivity index (χ1n) is 12.3. The van der Waals surface area contributed by atoms with E-state index >= 15 is 0 Å². The van der Waals surface area contributed by atoms with Crippen LogP contribution < -0.4 is 4.72 Å². The molecular formula is C27H34N4O4S. The van der Waals surface area contributed by atoms with E-state index in [1.54, 1.807) is 30.6 Å². The summed E-state index contributed by atoms with van der Waals surface area (Å²) in [5.41, 5.74) is 3.69. The van der Waals surface area contributed by atoms with E-state index in [2.05, 4.69) is 9.29 Å². The quantitative estimate of drug-likeness (QED) is 0.528. The molecular weight excluding hydrogens is 476 g/mol. The van der Waals surface area contributed by atoms with E-state index in [0.717, 1.165) is 22.2 Å². The number of benzene rings is 2. The smallest absolute Gasteiger partial charge is 0.253 e. The fourth-order valence-corrected chi connectivity index (χ4v) is 5.21. The summed E-state index contributed by atoms with van der Waals surface area (Å²) in [6, 6.07) is 15.8. The van der Waals surface area contributed by atoms with Crippen LogP contribution in [0.5, 0.6) is 0 Å². The molecule has 192 valence electrons. The molecule has 3 aromatic rings. The van der Waals surface area contributed by atoms with Crippen LogP contribution in [0, 0.1) is 0 Å². The first-order chi connectivity index (χ1) is 17.1. The molecule has 36 heavy (non-hydrogen) atoms. The minimum absolute atomic E-state index is 0.0146. The Balaban J connectivity index is 1.46. The van der Waals surface area contributed by atoms with Crippen LogP contribution in [-0.2, 0) is 14.8 Å². The lowest BCUT2D eigenvalue weighted by Gasteiger charge is -2.34. The number of hydrogen-bond donors (Lipinski definition) is 1. The number of amides is 2. The molecule has 0 unspecified atom stereocenters. The molecule has 1 atom stereocenters. The van der Waals surface area contributed by atoms with Gasteiger partial charge in [-0.05, 0) is 61.7 Å². The van der Waals surface area contributed by atoms with Gasteiger partial charge in [-0.1, -0.05) is 19.1 Å². The summed E-state index contributed by atoms with van der Waals surface area (Å²) in [5, 5.41) is 0.519. The highest BCUT2D eigenvalue weighted by atomic mass is 32.2. The van der Waals surface area contributed by atoms with Crippen LogP contribution >= 0.6 is 0 Å². The standard InChI is InChI=1S/C27H34N4O4S/c1-19(2)36(34,35)28-18-20(3)22-5-8-25(9-6-22)31-12-11-23-17-24(7-10-26(23)31)27(33)30-15-13-29(14-16-30)21(4)32/h5-12,17,19-20,28H,13-16,18H2,1-4H3/t20-/m0/s1. The molecule has 4 rings (SSSR count). The number of nitrogens with one attached hydrogen (secondary N) is 1. The molecule has 9 heteroatoms. The Bertz CT molecular complexity index is 1350. The van der Waals surface area contributed by atoms with Gasteiger partial charge in [0.05, 0.1) is 10.8 Å². The summed E-state index contributed by atoms with van der Waals surface area (Å²) in [4.78, 5) is 28.1. The molecule has 0 saturated carbocycles. The van der Waals surface area contributed by atoms with Crippen molar-refractivity contribution in [3.63, 3.8) is 0 Å². The molecule has 1 fully saturated rings. The van der Waals surface area contributed by atoms with E-state index in [9.17, 15) is 18.0 Å². The molecule has 1 saturated heterocycles. The fourth-order valence-electron chi connectivity index (χ4n) is 4.40. The molecule has 0 radical (unpaired) electrons. The van der Waals surface area contributed by atoms with Gasteiger partial charge in [-0.25, -0.2) is 13.1 Å². The van der Waals surface area contributed by atoms with Crippen LogP contribution in [0.1, 0.15) is 49.5 Å². The second kappa shape index (κ2) is 10.4. The molecule has 1 aliphatic heterocycles. The Morgan fingerprint density at radius 3 is 2.17 bits per heavy atom. The fraction of sp³-hybridized carbons (Fsp3) is 0.407. The van der Waals surface area contributed by atoms with Crippen LogP contribution in [-0.4, -0.2) is 72.6 Å². The number of sulfonamides is 1. The Morgan fingerprint density at radius 1 is 0.917 bits per heavy atom. The molecule has 2 aromatic carbocycles. The van der Waals surface area contributed by atoms with E-state index in [1.807, 2.05) is 61.7 Å². The van der Waals surface area contributed by atoms with Crippen LogP contribution in [0.2, 0.25) is 0 Å². The van der Waals surface area contributed by atoms with E-state index in [0.29, 0.717) is 38.3 Å². The minimum Gasteiger partial charge on any atom is -0.339 e. The SMILES string of the molecule is CC(=O)N1CCN(C(=O)c2ccc3c(ccn3-c3ccc([C@@H](C)CNS(=O)(=O)C(C)C)cc3)c2)CC1. The lowest BCUT2D eigenvalue weighted by Crippen LogP contribution is -2.50. The summed E-state index contributed by atoms with van der Waals surface area (Å²) in [5.74, 6) is 0.0715. The summed E-state index contributed by atoms with van der Waals surface area (Å²) in [6.07, 6.45) is 1.99. The highest BCUT2D eigenvalue weighted by molar-refractivity contribution is 7.90. The van der Waals surface area contributed by atoms with Crippen molar-refractivity contribution < 1.29 is 18.0 Å². The van der Waals surface area contributed by atoms with Gasteiger partial charge in [0, 0.05) is 62.5 Å². The Labute approximate surface area is 212 Å². The largest absolute Gasteiger partial charge is 0.339 e. The second-order valence-electron chi connectivity index (χ2n) is 9.69. The average molecular weight is 511 g/mol. The number of piperazine rings is 1. The lowest BCUT2D eigenvalue weighted by molar-refractivity contribution is -0.130. The predicted molar refractivity (Wildman–Crippen MR) is 142 cm³/mol. The molecule has 2 amide bonds. The minimum atomic E-state index is -3.29. The maximum Gasteiger partial charge on any atom is 0.253 e. The highest BCUT2D eigenvalue weighted by Gasteiger charge is 2.23. The van der Waals surface area contributed by atoms with E-state index < -0.39 is 15.3 Å². The predicted octanol–water partition coefficient (Wildman–Crippen LogP) is 3.37. The summed E-state index contributed by atoms with van der Waals surface area (Å²) < 4.78 is 28.8. The van der Waals surface area contributed by atoms with Crippen molar-refractivity contribution >= 4 is 32.7 Å². The van der Waals surface area contributed by atoms with Gasteiger partial charge in [0.25, 0.3) is 5.91 Å². The van der Waals surface area contributed by atoms with E-state index in [4.69, 9.17) is 0 Å². The molecule has 0 aliphatic carbocycles. The van der Waals surface area contributed by atoms with Gasteiger partial charge in [0.15, 0.2) is 0 Å². The molecule has 2 heterocycles. The number of hydrogen-bond acceptors (Lipinski definition) is 4. The number of carbonyl (C=O) groups excluding carboxylic acids is 2. The topological polar surface area (TPSA) is 91.7 Å².